The van der Waals surface area contributed by atoms with Crippen molar-refractivity contribution in [3.63, 3.8) is 0 Å². The molecule has 29 heavy (non-hydrogen) atoms. The third kappa shape index (κ3) is 4.32. The molecule has 0 saturated carbocycles. The maximum absolute atomic E-state index is 12.9. The fourth-order valence-electron chi connectivity index (χ4n) is 3.50. The molecule has 0 bridgehead atoms. The van der Waals surface area contributed by atoms with Crippen molar-refractivity contribution < 1.29 is 4.79 Å². The summed E-state index contributed by atoms with van der Waals surface area (Å²) in [7, 11) is 0. The van der Waals surface area contributed by atoms with E-state index in [-0.39, 0.29) is 5.91 Å². The summed E-state index contributed by atoms with van der Waals surface area (Å²) in [5.74, 6) is 1.19. The van der Waals surface area contributed by atoms with E-state index in [0.717, 1.165) is 28.9 Å². The van der Waals surface area contributed by atoms with Gasteiger partial charge in [0.15, 0.2) is 0 Å². The lowest BCUT2D eigenvalue weighted by Gasteiger charge is -2.34. The zero-order valence-corrected chi connectivity index (χ0v) is 17.7. The van der Waals surface area contributed by atoms with Gasteiger partial charge in [-0.25, -0.2) is 9.97 Å². The second-order valence-corrected chi connectivity index (χ2v) is 8.24. The number of aromatic nitrogens is 2. The average molecular weight is 428 g/mol. The maximum atomic E-state index is 12.9. The van der Waals surface area contributed by atoms with Crippen LogP contribution in [0.4, 0.5) is 5.82 Å². The van der Waals surface area contributed by atoms with Gasteiger partial charge in [-0.15, -0.1) is 11.8 Å². The van der Waals surface area contributed by atoms with Crippen LogP contribution in [0.3, 0.4) is 0 Å². The van der Waals surface area contributed by atoms with Crippen LogP contribution in [0.25, 0.3) is 10.9 Å². The van der Waals surface area contributed by atoms with Gasteiger partial charge >= 0.3 is 0 Å². The van der Waals surface area contributed by atoms with Gasteiger partial charge in [-0.1, -0.05) is 23.7 Å². The minimum absolute atomic E-state index is 0.0169. The van der Waals surface area contributed by atoms with E-state index in [0.29, 0.717) is 41.9 Å². The summed E-state index contributed by atoms with van der Waals surface area (Å²) in [6, 6.07) is 13.3. The molecule has 1 saturated heterocycles. The highest BCUT2D eigenvalue weighted by Gasteiger charge is 2.24. The lowest BCUT2D eigenvalue weighted by atomic mass is 10.1. The van der Waals surface area contributed by atoms with Crippen molar-refractivity contribution in [1.29, 1.82) is 0 Å². The maximum Gasteiger partial charge on any atom is 0.255 e. The van der Waals surface area contributed by atoms with Crippen molar-refractivity contribution in [2.75, 3.05) is 38.2 Å². The highest BCUT2D eigenvalue weighted by atomic mass is 35.5. The largest absolute Gasteiger partial charge is 0.383 e. The molecule has 2 N–H and O–H groups in total. The topological polar surface area (TPSA) is 75.4 Å². The Kier molecular flexibility index (Phi) is 5.89. The number of carbonyl (C=O) groups excluding carboxylic acids is 1. The van der Waals surface area contributed by atoms with E-state index < -0.39 is 0 Å². The molecule has 0 aliphatic carbocycles. The molecule has 1 amide bonds. The molecule has 0 radical (unpaired) electrons. The number of amides is 1. The summed E-state index contributed by atoms with van der Waals surface area (Å²) in [5.41, 5.74) is 7.51. The number of hydrogen-bond acceptors (Lipinski definition) is 6. The number of benzene rings is 2. The molecule has 1 fully saturated rings. The fourth-order valence-corrected chi connectivity index (χ4v) is 4.13. The first-order valence-corrected chi connectivity index (χ1v) is 11.0. The average Bonchev–Trinajstić information content (AvgIpc) is 2.74. The van der Waals surface area contributed by atoms with Crippen LogP contribution in [0.15, 0.2) is 47.4 Å². The Labute approximate surface area is 179 Å². The molecule has 1 aliphatic rings. The zero-order chi connectivity index (χ0) is 20.4. The number of fused-ring (bicyclic) bond motifs is 1. The number of nitrogens with two attached hydrogens (primary N) is 1. The molecular formula is C21H22ClN5OS. The minimum Gasteiger partial charge on any atom is -0.383 e. The number of halogens is 1. The highest BCUT2D eigenvalue weighted by molar-refractivity contribution is 7.98. The Morgan fingerprint density at radius 1 is 1.14 bits per heavy atom. The van der Waals surface area contributed by atoms with Gasteiger partial charge in [-0.2, -0.15) is 0 Å². The van der Waals surface area contributed by atoms with Crippen molar-refractivity contribution in [2.24, 2.45) is 0 Å². The van der Waals surface area contributed by atoms with Gasteiger partial charge in [0.2, 0.25) is 0 Å². The second kappa shape index (κ2) is 8.57. The third-order valence-corrected chi connectivity index (χ3v) is 6.16. The van der Waals surface area contributed by atoms with Gasteiger partial charge < -0.3 is 10.6 Å². The molecule has 6 nitrogen and oxygen atoms in total. The molecule has 4 rings (SSSR count). The van der Waals surface area contributed by atoms with Crippen molar-refractivity contribution >= 4 is 46.0 Å². The fraction of sp³-hybridized carbons (Fsp3) is 0.286. The van der Waals surface area contributed by atoms with Crippen LogP contribution < -0.4 is 5.73 Å². The summed E-state index contributed by atoms with van der Waals surface area (Å²) in [6.07, 6.45) is 1.98. The van der Waals surface area contributed by atoms with Gasteiger partial charge in [0.05, 0.1) is 22.6 Å². The number of nitrogens with zero attached hydrogens (tertiary/aromatic N) is 4. The second-order valence-electron chi connectivity index (χ2n) is 6.96. The van der Waals surface area contributed by atoms with E-state index in [9.17, 15) is 4.79 Å². The van der Waals surface area contributed by atoms with Gasteiger partial charge in [0.1, 0.15) is 11.6 Å². The van der Waals surface area contributed by atoms with Crippen molar-refractivity contribution in [2.45, 2.75) is 11.4 Å². The molecular weight excluding hydrogens is 406 g/mol. The van der Waals surface area contributed by atoms with Crippen LogP contribution >= 0.6 is 23.4 Å². The molecule has 1 aromatic heterocycles. The van der Waals surface area contributed by atoms with Crippen LogP contribution in [-0.4, -0.2) is 58.1 Å². The Balaban J connectivity index is 1.41. The molecule has 0 atom stereocenters. The van der Waals surface area contributed by atoms with E-state index in [1.54, 1.807) is 17.8 Å². The number of anilines is 1. The number of nitrogen functional groups attached to an aromatic ring is 1. The Hall–Kier alpha value is -2.35. The Bertz CT molecular complexity index is 1050. The van der Waals surface area contributed by atoms with E-state index in [1.165, 1.54) is 0 Å². The molecule has 0 unspecified atom stereocenters. The van der Waals surface area contributed by atoms with Gasteiger partial charge in [-0.05, 0) is 36.6 Å². The number of carbonyl (C=O) groups is 1. The standard InChI is InChI=1S/C21H22ClN5OS/c1-29-14-6-7-17(22)16(12-14)21(28)27-10-8-26(9-11-27)13-19-24-18-5-3-2-4-15(18)20(23)25-19/h2-7,12H,8-11,13H2,1H3,(H2,23,24,25). The molecule has 3 aromatic rings. The van der Waals surface area contributed by atoms with Crippen LogP contribution in [0.5, 0.6) is 0 Å². The molecule has 0 spiro atoms. The third-order valence-electron chi connectivity index (χ3n) is 5.11. The van der Waals surface area contributed by atoms with Crippen LogP contribution in [0, 0.1) is 0 Å². The minimum atomic E-state index is -0.0169. The molecule has 2 aromatic carbocycles. The first-order chi connectivity index (χ1) is 14.0. The summed E-state index contributed by atoms with van der Waals surface area (Å²) >= 11 is 7.87. The quantitative estimate of drug-likeness (QED) is 0.642. The number of rotatable bonds is 4. The summed E-state index contributed by atoms with van der Waals surface area (Å²) < 4.78 is 0. The summed E-state index contributed by atoms with van der Waals surface area (Å²) in [4.78, 5) is 27.1. The van der Waals surface area contributed by atoms with Crippen LogP contribution in [-0.2, 0) is 6.54 Å². The lowest BCUT2D eigenvalue weighted by Crippen LogP contribution is -2.48. The summed E-state index contributed by atoms with van der Waals surface area (Å²) in [6.45, 7) is 3.40. The van der Waals surface area contributed by atoms with Gasteiger partial charge in [0.25, 0.3) is 5.91 Å². The number of piperazine rings is 1. The van der Waals surface area contributed by atoms with Crippen molar-refractivity contribution in [1.82, 2.24) is 19.8 Å². The predicted octanol–water partition coefficient (Wildman–Crippen LogP) is 3.55. The van der Waals surface area contributed by atoms with E-state index >= 15 is 0 Å². The van der Waals surface area contributed by atoms with E-state index in [1.807, 2.05) is 47.6 Å². The normalized spacial score (nSPS) is 15.0. The van der Waals surface area contributed by atoms with E-state index in [2.05, 4.69) is 14.9 Å². The summed E-state index contributed by atoms with van der Waals surface area (Å²) in [5, 5.41) is 1.37. The molecule has 1 aliphatic heterocycles. The van der Waals surface area contributed by atoms with E-state index in [4.69, 9.17) is 17.3 Å². The Morgan fingerprint density at radius 2 is 1.90 bits per heavy atom. The first-order valence-electron chi connectivity index (χ1n) is 9.41. The smallest absolute Gasteiger partial charge is 0.255 e. The lowest BCUT2D eigenvalue weighted by molar-refractivity contribution is 0.0625. The highest BCUT2D eigenvalue weighted by Crippen LogP contribution is 2.25. The molecule has 8 heteroatoms. The van der Waals surface area contributed by atoms with Crippen molar-refractivity contribution in [3.8, 4) is 0 Å². The van der Waals surface area contributed by atoms with Gasteiger partial charge in [-0.3, -0.25) is 9.69 Å². The molecule has 2 heterocycles. The molecule has 150 valence electrons. The first kappa shape index (κ1) is 19.9. The number of thioether (sulfide) groups is 1. The Morgan fingerprint density at radius 3 is 2.66 bits per heavy atom. The van der Waals surface area contributed by atoms with Gasteiger partial charge in [0, 0.05) is 36.5 Å². The zero-order valence-electron chi connectivity index (χ0n) is 16.1. The van der Waals surface area contributed by atoms with Crippen LogP contribution in [0.1, 0.15) is 16.2 Å². The SMILES string of the molecule is CSc1ccc(Cl)c(C(=O)N2CCN(Cc3nc(N)c4ccccc4n3)CC2)c1. The van der Waals surface area contributed by atoms with Crippen LogP contribution in [0.2, 0.25) is 5.02 Å². The number of hydrogen-bond donors (Lipinski definition) is 1. The predicted molar refractivity (Wildman–Crippen MR) is 118 cm³/mol. The number of para-hydroxylation sites is 1. The van der Waals surface area contributed by atoms with Crippen molar-refractivity contribution in [3.05, 3.63) is 58.9 Å². The monoisotopic (exact) mass is 427 g/mol.